The van der Waals surface area contributed by atoms with Crippen LogP contribution in [0.3, 0.4) is 0 Å². The van der Waals surface area contributed by atoms with Crippen LogP contribution in [0.1, 0.15) is 30.4 Å². The SMILES string of the molecule is O=C1CCCN1C1CCN(Cc2cccc3c2NCC3)C1. The lowest BCUT2D eigenvalue weighted by Crippen LogP contribution is -2.38. The molecule has 2 fully saturated rings. The number of benzene rings is 1. The maximum Gasteiger partial charge on any atom is 0.222 e. The van der Waals surface area contributed by atoms with E-state index in [0.717, 1.165) is 58.4 Å². The van der Waals surface area contributed by atoms with E-state index in [1.165, 1.54) is 16.8 Å². The number of anilines is 1. The molecular formula is C17H23N3O. The molecule has 1 amide bonds. The molecule has 1 atom stereocenters. The smallest absolute Gasteiger partial charge is 0.222 e. The molecule has 3 aliphatic rings. The molecule has 1 unspecified atom stereocenters. The molecule has 2 saturated heterocycles. The van der Waals surface area contributed by atoms with Crippen molar-refractivity contribution in [3.63, 3.8) is 0 Å². The minimum Gasteiger partial charge on any atom is -0.384 e. The molecule has 3 aliphatic heterocycles. The fraction of sp³-hybridized carbons (Fsp3) is 0.588. The average molecular weight is 285 g/mol. The summed E-state index contributed by atoms with van der Waals surface area (Å²) < 4.78 is 0. The molecule has 1 N–H and O–H groups in total. The van der Waals surface area contributed by atoms with Gasteiger partial charge >= 0.3 is 0 Å². The fourth-order valence-corrected chi connectivity index (χ4v) is 4.05. The molecule has 4 nitrogen and oxygen atoms in total. The molecule has 3 heterocycles. The van der Waals surface area contributed by atoms with Crippen LogP contribution in [0, 0.1) is 0 Å². The number of amides is 1. The van der Waals surface area contributed by atoms with Crippen LogP contribution in [0.5, 0.6) is 0 Å². The zero-order chi connectivity index (χ0) is 14.2. The Bertz CT molecular complexity index is 557. The molecule has 0 aromatic heterocycles. The highest BCUT2D eigenvalue weighted by atomic mass is 16.2. The number of nitrogens with one attached hydrogen (secondary N) is 1. The van der Waals surface area contributed by atoms with Gasteiger partial charge in [0.05, 0.1) is 0 Å². The fourth-order valence-electron chi connectivity index (χ4n) is 4.05. The number of carbonyl (C=O) groups excluding carboxylic acids is 1. The highest BCUT2D eigenvalue weighted by Gasteiger charge is 2.33. The van der Waals surface area contributed by atoms with Crippen LogP contribution in [0.2, 0.25) is 0 Å². The van der Waals surface area contributed by atoms with Gasteiger partial charge in [-0.05, 0) is 30.4 Å². The van der Waals surface area contributed by atoms with Crippen molar-refractivity contribution in [1.82, 2.24) is 9.80 Å². The predicted octanol–water partition coefficient (Wildman–Crippen LogP) is 1.85. The number of carbonyl (C=O) groups is 1. The number of rotatable bonds is 3. The van der Waals surface area contributed by atoms with Crippen molar-refractivity contribution in [1.29, 1.82) is 0 Å². The van der Waals surface area contributed by atoms with Crippen LogP contribution in [-0.4, -0.2) is 47.9 Å². The summed E-state index contributed by atoms with van der Waals surface area (Å²) in [5.41, 5.74) is 4.23. The molecule has 0 aliphatic carbocycles. The third-order valence-electron chi connectivity index (χ3n) is 5.13. The average Bonchev–Trinajstić information content (AvgIpc) is 3.18. The molecule has 21 heavy (non-hydrogen) atoms. The van der Waals surface area contributed by atoms with Gasteiger partial charge in [-0.3, -0.25) is 9.69 Å². The van der Waals surface area contributed by atoms with Crippen molar-refractivity contribution in [2.24, 2.45) is 0 Å². The summed E-state index contributed by atoms with van der Waals surface area (Å²) in [5, 5.41) is 3.52. The molecule has 4 heteroatoms. The van der Waals surface area contributed by atoms with Crippen LogP contribution < -0.4 is 5.32 Å². The molecule has 4 rings (SSSR count). The van der Waals surface area contributed by atoms with E-state index in [9.17, 15) is 4.79 Å². The highest BCUT2D eigenvalue weighted by Crippen LogP contribution is 2.29. The number of hydrogen-bond donors (Lipinski definition) is 1. The van der Waals surface area contributed by atoms with Gasteiger partial charge in [-0.1, -0.05) is 18.2 Å². The lowest BCUT2D eigenvalue weighted by Gasteiger charge is -2.24. The van der Waals surface area contributed by atoms with Crippen molar-refractivity contribution in [3.8, 4) is 0 Å². The molecule has 1 aromatic rings. The maximum atomic E-state index is 11.9. The van der Waals surface area contributed by atoms with Crippen molar-refractivity contribution < 1.29 is 4.79 Å². The molecule has 0 radical (unpaired) electrons. The van der Waals surface area contributed by atoms with Gasteiger partial charge in [0.1, 0.15) is 0 Å². The molecule has 0 bridgehead atoms. The van der Waals surface area contributed by atoms with E-state index in [2.05, 4.69) is 33.3 Å². The summed E-state index contributed by atoms with van der Waals surface area (Å²) >= 11 is 0. The van der Waals surface area contributed by atoms with Crippen LogP contribution in [-0.2, 0) is 17.8 Å². The second-order valence-corrected chi connectivity index (χ2v) is 6.50. The predicted molar refractivity (Wildman–Crippen MR) is 83.3 cm³/mol. The van der Waals surface area contributed by atoms with Gasteiger partial charge in [0, 0.05) is 50.9 Å². The van der Waals surface area contributed by atoms with Crippen molar-refractivity contribution in [3.05, 3.63) is 29.3 Å². The second kappa shape index (κ2) is 5.34. The summed E-state index contributed by atoms with van der Waals surface area (Å²) in [6.07, 6.45) is 4.08. The molecule has 1 aromatic carbocycles. The lowest BCUT2D eigenvalue weighted by atomic mass is 10.1. The van der Waals surface area contributed by atoms with E-state index in [0.29, 0.717) is 11.9 Å². The van der Waals surface area contributed by atoms with Gasteiger partial charge in [0.15, 0.2) is 0 Å². The Morgan fingerprint density at radius 3 is 3.05 bits per heavy atom. The van der Waals surface area contributed by atoms with E-state index in [4.69, 9.17) is 0 Å². The zero-order valence-corrected chi connectivity index (χ0v) is 12.5. The van der Waals surface area contributed by atoms with E-state index < -0.39 is 0 Å². The van der Waals surface area contributed by atoms with Crippen molar-refractivity contribution in [2.75, 3.05) is 31.5 Å². The summed E-state index contributed by atoms with van der Waals surface area (Å²) in [4.78, 5) is 16.5. The lowest BCUT2D eigenvalue weighted by molar-refractivity contribution is -0.129. The number of fused-ring (bicyclic) bond motifs is 1. The first-order valence-electron chi connectivity index (χ1n) is 8.18. The summed E-state index contributed by atoms with van der Waals surface area (Å²) in [6, 6.07) is 7.10. The first kappa shape index (κ1) is 13.1. The third kappa shape index (κ3) is 2.42. The topological polar surface area (TPSA) is 35.6 Å². The van der Waals surface area contributed by atoms with E-state index >= 15 is 0 Å². The Kier molecular flexibility index (Phi) is 3.34. The normalized spacial score (nSPS) is 25.4. The van der Waals surface area contributed by atoms with Crippen LogP contribution in [0.4, 0.5) is 5.69 Å². The molecule has 112 valence electrons. The zero-order valence-electron chi connectivity index (χ0n) is 12.5. The van der Waals surface area contributed by atoms with Gasteiger partial charge < -0.3 is 10.2 Å². The van der Waals surface area contributed by atoms with Gasteiger partial charge in [0.25, 0.3) is 0 Å². The van der Waals surface area contributed by atoms with Gasteiger partial charge in [-0.15, -0.1) is 0 Å². The number of para-hydroxylation sites is 1. The standard InChI is InChI=1S/C17H23N3O/c21-16-5-2-9-20(16)15-7-10-19(12-15)11-14-4-1-3-13-6-8-18-17(13)14/h1,3-4,15,18H,2,5-12H2. The van der Waals surface area contributed by atoms with Crippen molar-refractivity contribution >= 4 is 11.6 Å². The molecular weight excluding hydrogens is 262 g/mol. The van der Waals surface area contributed by atoms with Crippen LogP contribution in [0.15, 0.2) is 18.2 Å². The largest absolute Gasteiger partial charge is 0.384 e. The Morgan fingerprint density at radius 2 is 2.19 bits per heavy atom. The monoisotopic (exact) mass is 285 g/mol. The Balaban J connectivity index is 1.43. The molecule has 0 spiro atoms. The summed E-state index contributed by atoms with van der Waals surface area (Å²) in [5.74, 6) is 0.365. The summed E-state index contributed by atoms with van der Waals surface area (Å²) in [7, 11) is 0. The second-order valence-electron chi connectivity index (χ2n) is 6.50. The first-order chi connectivity index (χ1) is 10.3. The van der Waals surface area contributed by atoms with Gasteiger partial charge in [0.2, 0.25) is 5.91 Å². The third-order valence-corrected chi connectivity index (χ3v) is 5.13. The quantitative estimate of drug-likeness (QED) is 0.920. The summed E-state index contributed by atoms with van der Waals surface area (Å²) in [6.45, 7) is 5.19. The Hall–Kier alpha value is -1.55. The Labute approximate surface area is 126 Å². The minimum absolute atomic E-state index is 0.365. The number of hydrogen-bond acceptors (Lipinski definition) is 3. The number of nitrogens with zero attached hydrogens (tertiary/aromatic N) is 2. The van der Waals surface area contributed by atoms with Crippen LogP contribution >= 0.6 is 0 Å². The van der Waals surface area contributed by atoms with E-state index in [-0.39, 0.29) is 0 Å². The van der Waals surface area contributed by atoms with E-state index in [1.807, 2.05) is 0 Å². The van der Waals surface area contributed by atoms with Crippen molar-refractivity contribution in [2.45, 2.75) is 38.3 Å². The van der Waals surface area contributed by atoms with Crippen LogP contribution in [0.25, 0.3) is 0 Å². The van der Waals surface area contributed by atoms with Gasteiger partial charge in [-0.2, -0.15) is 0 Å². The van der Waals surface area contributed by atoms with E-state index in [1.54, 1.807) is 0 Å². The Morgan fingerprint density at radius 1 is 1.24 bits per heavy atom. The minimum atomic E-state index is 0.365. The van der Waals surface area contributed by atoms with Gasteiger partial charge in [-0.25, -0.2) is 0 Å². The number of likely N-dealkylation sites (tertiary alicyclic amines) is 2. The highest BCUT2D eigenvalue weighted by molar-refractivity contribution is 5.78. The first-order valence-corrected chi connectivity index (χ1v) is 8.18. The maximum absolute atomic E-state index is 11.9. The molecule has 0 saturated carbocycles.